The number of nitrogens with two attached hydrogens (primary N) is 1. The van der Waals surface area contributed by atoms with Crippen LogP contribution in [0.4, 0.5) is 0 Å². The van der Waals surface area contributed by atoms with Crippen molar-refractivity contribution in [2.45, 2.75) is 6.54 Å². The van der Waals surface area contributed by atoms with Gasteiger partial charge in [-0.15, -0.1) is 12.4 Å². The molecule has 2 rings (SSSR count). The largest absolute Gasteiger partial charge is 0.324 e. The number of hydrogen-bond donors (Lipinski definition) is 1. The molecule has 0 radical (unpaired) electrons. The fourth-order valence-corrected chi connectivity index (χ4v) is 1.71. The van der Waals surface area contributed by atoms with Crippen LogP contribution in [0.5, 0.6) is 0 Å². The predicted molar refractivity (Wildman–Crippen MR) is 70.3 cm³/mol. The minimum atomic E-state index is 0. The van der Waals surface area contributed by atoms with Gasteiger partial charge in [0.1, 0.15) is 5.82 Å². The summed E-state index contributed by atoms with van der Waals surface area (Å²) in [6, 6.07) is 9.86. The maximum absolute atomic E-state index is 5.49. The SMILES string of the molecule is Cl.NCc1nccc(-c2cccc(Br)c2)n1. The van der Waals surface area contributed by atoms with E-state index in [2.05, 4.69) is 25.9 Å². The number of rotatable bonds is 2. The molecule has 0 unspecified atom stereocenters. The Balaban J connectivity index is 0.00000128. The minimum absolute atomic E-state index is 0. The highest BCUT2D eigenvalue weighted by Gasteiger charge is 2.01. The summed E-state index contributed by atoms with van der Waals surface area (Å²) in [6.45, 7) is 0.363. The van der Waals surface area contributed by atoms with E-state index in [1.165, 1.54) is 0 Å². The van der Waals surface area contributed by atoms with Crippen molar-refractivity contribution < 1.29 is 0 Å². The summed E-state index contributed by atoms with van der Waals surface area (Å²) in [5.41, 5.74) is 7.44. The molecule has 1 aromatic heterocycles. The monoisotopic (exact) mass is 299 g/mol. The zero-order valence-electron chi connectivity index (χ0n) is 8.43. The summed E-state index contributed by atoms with van der Waals surface area (Å²) in [6.07, 6.45) is 1.73. The van der Waals surface area contributed by atoms with Crippen molar-refractivity contribution in [2.24, 2.45) is 5.73 Å². The van der Waals surface area contributed by atoms with Crippen LogP contribution in [0.3, 0.4) is 0 Å². The number of benzene rings is 1. The van der Waals surface area contributed by atoms with Crippen LogP contribution >= 0.6 is 28.3 Å². The van der Waals surface area contributed by atoms with Gasteiger partial charge in [-0.25, -0.2) is 9.97 Å². The van der Waals surface area contributed by atoms with Gasteiger partial charge in [-0.1, -0.05) is 28.1 Å². The molecule has 2 N–H and O–H groups in total. The molecule has 0 amide bonds. The molecule has 0 aliphatic rings. The Kier molecular flexibility index (Phi) is 4.86. The van der Waals surface area contributed by atoms with E-state index < -0.39 is 0 Å². The Morgan fingerprint density at radius 3 is 2.75 bits per heavy atom. The number of aromatic nitrogens is 2. The van der Waals surface area contributed by atoms with Crippen molar-refractivity contribution in [2.75, 3.05) is 0 Å². The lowest BCUT2D eigenvalue weighted by Gasteiger charge is -2.02. The standard InChI is InChI=1S/C11H10BrN3.ClH/c12-9-3-1-2-8(6-9)10-4-5-14-11(7-13)15-10;/h1-6H,7,13H2;1H. The van der Waals surface area contributed by atoms with Crippen molar-refractivity contribution in [3.8, 4) is 11.3 Å². The summed E-state index contributed by atoms with van der Waals surface area (Å²) >= 11 is 3.43. The lowest BCUT2D eigenvalue weighted by molar-refractivity contribution is 0.912. The maximum atomic E-state index is 5.49. The van der Waals surface area contributed by atoms with Crippen LogP contribution in [0.25, 0.3) is 11.3 Å². The highest BCUT2D eigenvalue weighted by Crippen LogP contribution is 2.20. The molecule has 2 aromatic rings. The molecule has 0 saturated carbocycles. The quantitative estimate of drug-likeness (QED) is 0.928. The second kappa shape index (κ2) is 5.94. The molecule has 1 aromatic carbocycles. The molecule has 0 bridgehead atoms. The van der Waals surface area contributed by atoms with Gasteiger partial charge >= 0.3 is 0 Å². The van der Waals surface area contributed by atoms with Crippen LogP contribution in [0.2, 0.25) is 0 Å². The van der Waals surface area contributed by atoms with E-state index in [4.69, 9.17) is 5.73 Å². The Labute approximate surface area is 109 Å². The predicted octanol–water partition coefficient (Wildman–Crippen LogP) is 2.79. The van der Waals surface area contributed by atoms with Gasteiger partial charge in [-0.3, -0.25) is 0 Å². The Hall–Kier alpha value is -0.970. The molecule has 5 heteroatoms. The van der Waals surface area contributed by atoms with Crippen LogP contribution in [-0.2, 0) is 6.54 Å². The highest BCUT2D eigenvalue weighted by molar-refractivity contribution is 9.10. The summed E-state index contributed by atoms with van der Waals surface area (Å²) in [4.78, 5) is 8.40. The van der Waals surface area contributed by atoms with Gasteiger partial charge in [0.2, 0.25) is 0 Å². The minimum Gasteiger partial charge on any atom is -0.324 e. The van der Waals surface area contributed by atoms with Crippen LogP contribution in [0, 0.1) is 0 Å². The molecule has 1 heterocycles. The Morgan fingerprint density at radius 1 is 1.25 bits per heavy atom. The average Bonchev–Trinajstić information content (AvgIpc) is 2.29. The van der Waals surface area contributed by atoms with Crippen LogP contribution in [0.1, 0.15) is 5.82 Å². The molecule has 16 heavy (non-hydrogen) atoms. The Bertz CT molecular complexity index is 476. The van der Waals surface area contributed by atoms with Crippen molar-refractivity contribution in [3.63, 3.8) is 0 Å². The first-order valence-electron chi connectivity index (χ1n) is 4.57. The summed E-state index contributed by atoms with van der Waals surface area (Å²) in [7, 11) is 0. The molecular weight excluding hydrogens is 289 g/mol. The summed E-state index contributed by atoms with van der Waals surface area (Å²) in [5, 5.41) is 0. The number of halogens is 2. The topological polar surface area (TPSA) is 51.8 Å². The fraction of sp³-hybridized carbons (Fsp3) is 0.0909. The van der Waals surface area contributed by atoms with E-state index in [1.54, 1.807) is 6.20 Å². The van der Waals surface area contributed by atoms with E-state index in [0.29, 0.717) is 12.4 Å². The van der Waals surface area contributed by atoms with E-state index in [-0.39, 0.29) is 12.4 Å². The van der Waals surface area contributed by atoms with Gasteiger partial charge in [-0.2, -0.15) is 0 Å². The first kappa shape index (κ1) is 13.1. The zero-order valence-corrected chi connectivity index (χ0v) is 10.8. The van der Waals surface area contributed by atoms with Crippen molar-refractivity contribution in [1.82, 2.24) is 9.97 Å². The van der Waals surface area contributed by atoms with Crippen molar-refractivity contribution >= 4 is 28.3 Å². The van der Waals surface area contributed by atoms with Gasteiger partial charge in [0.15, 0.2) is 0 Å². The smallest absolute Gasteiger partial charge is 0.142 e. The van der Waals surface area contributed by atoms with E-state index in [9.17, 15) is 0 Å². The normalized spacial score (nSPS) is 9.62. The lowest BCUT2D eigenvalue weighted by Crippen LogP contribution is -2.02. The second-order valence-corrected chi connectivity index (χ2v) is 3.99. The second-order valence-electron chi connectivity index (χ2n) is 3.07. The summed E-state index contributed by atoms with van der Waals surface area (Å²) < 4.78 is 1.04. The van der Waals surface area contributed by atoms with Gasteiger partial charge in [0, 0.05) is 16.2 Å². The van der Waals surface area contributed by atoms with Crippen LogP contribution < -0.4 is 5.73 Å². The number of hydrogen-bond acceptors (Lipinski definition) is 3. The molecule has 0 saturated heterocycles. The first-order valence-corrected chi connectivity index (χ1v) is 5.37. The van der Waals surface area contributed by atoms with Crippen molar-refractivity contribution in [1.29, 1.82) is 0 Å². The van der Waals surface area contributed by atoms with E-state index in [1.807, 2.05) is 30.3 Å². The Morgan fingerprint density at radius 2 is 2.06 bits per heavy atom. The third kappa shape index (κ3) is 3.01. The van der Waals surface area contributed by atoms with Gasteiger partial charge in [0.05, 0.1) is 12.2 Å². The van der Waals surface area contributed by atoms with Crippen molar-refractivity contribution in [3.05, 3.63) is 46.8 Å². The molecule has 0 fully saturated rings. The third-order valence-corrected chi connectivity index (χ3v) is 2.50. The first-order chi connectivity index (χ1) is 7.29. The van der Waals surface area contributed by atoms with Gasteiger partial charge in [-0.05, 0) is 18.2 Å². The molecule has 84 valence electrons. The molecule has 0 aliphatic heterocycles. The zero-order chi connectivity index (χ0) is 10.7. The van der Waals surface area contributed by atoms with Crippen LogP contribution in [-0.4, -0.2) is 9.97 Å². The lowest BCUT2D eigenvalue weighted by atomic mass is 10.1. The van der Waals surface area contributed by atoms with E-state index >= 15 is 0 Å². The van der Waals surface area contributed by atoms with Gasteiger partial charge in [0.25, 0.3) is 0 Å². The molecule has 0 atom stereocenters. The maximum Gasteiger partial charge on any atom is 0.142 e. The molecular formula is C11H11BrClN3. The average molecular weight is 301 g/mol. The third-order valence-electron chi connectivity index (χ3n) is 2.01. The molecule has 0 aliphatic carbocycles. The molecule has 0 spiro atoms. The fourth-order valence-electron chi connectivity index (χ4n) is 1.31. The highest BCUT2D eigenvalue weighted by atomic mass is 79.9. The summed E-state index contributed by atoms with van der Waals surface area (Å²) in [5.74, 6) is 0.660. The van der Waals surface area contributed by atoms with Gasteiger partial charge < -0.3 is 5.73 Å². The van der Waals surface area contributed by atoms with E-state index in [0.717, 1.165) is 15.7 Å². The number of nitrogens with zero attached hydrogens (tertiary/aromatic N) is 2. The molecule has 3 nitrogen and oxygen atoms in total. The van der Waals surface area contributed by atoms with Crippen LogP contribution in [0.15, 0.2) is 41.0 Å².